The highest BCUT2D eigenvalue weighted by atomic mass is 16.6. The number of carbonyl (C=O) groups is 4. The summed E-state index contributed by atoms with van der Waals surface area (Å²) in [4.78, 5) is 61.5. The van der Waals surface area contributed by atoms with E-state index >= 15 is 0 Å². The summed E-state index contributed by atoms with van der Waals surface area (Å²) in [5.74, 6) is -2.38. The molecule has 0 spiro atoms. The molecule has 41 heavy (non-hydrogen) atoms. The van der Waals surface area contributed by atoms with E-state index in [4.69, 9.17) is 18.6 Å². The van der Waals surface area contributed by atoms with Gasteiger partial charge in [-0.05, 0) is 67.9 Å². The van der Waals surface area contributed by atoms with E-state index in [9.17, 15) is 29.1 Å². The lowest BCUT2D eigenvalue weighted by atomic mass is 9.41. The minimum absolute atomic E-state index is 0. The van der Waals surface area contributed by atoms with Crippen molar-refractivity contribution < 1.29 is 48.4 Å². The Kier molecular flexibility index (Phi) is 8.03. The van der Waals surface area contributed by atoms with Crippen molar-refractivity contribution in [2.45, 2.75) is 108 Å². The monoisotopic (exact) mass is 576 g/mol. The SMILES string of the molecule is CC(=O)O[C@H]1C[C@]2(C=O)[C@H]3CC[C@]4(C)[C@@H](c5ccc(=O)oc5)CC[C@]4(O)[C@@H]3CC[C@]2(OC(C)=O)C[C@H]1OC(C)=O.O. The van der Waals surface area contributed by atoms with Crippen molar-refractivity contribution in [3.63, 3.8) is 0 Å². The first kappa shape index (κ1) is 30.9. The molecule has 0 aliphatic heterocycles. The molecule has 11 heteroatoms. The average molecular weight is 577 g/mol. The second-order valence-corrected chi connectivity index (χ2v) is 12.6. The maximum absolute atomic E-state index is 13.3. The molecular formula is C30H40O11. The molecule has 226 valence electrons. The lowest BCUT2D eigenvalue weighted by Gasteiger charge is -2.66. The van der Waals surface area contributed by atoms with Crippen LogP contribution in [0.5, 0.6) is 0 Å². The molecule has 4 aliphatic carbocycles. The summed E-state index contributed by atoms with van der Waals surface area (Å²) in [7, 11) is 0. The zero-order chi connectivity index (χ0) is 29.1. The summed E-state index contributed by atoms with van der Waals surface area (Å²) in [5, 5.41) is 12.5. The summed E-state index contributed by atoms with van der Waals surface area (Å²) in [6.45, 7) is 5.89. The van der Waals surface area contributed by atoms with Gasteiger partial charge in [0.2, 0.25) is 0 Å². The third kappa shape index (κ3) is 4.61. The van der Waals surface area contributed by atoms with E-state index in [0.717, 1.165) is 11.8 Å². The molecule has 4 fully saturated rings. The van der Waals surface area contributed by atoms with Gasteiger partial charge in [-0.25, -0.2) is 4.79 Å². The Bertz CT molecular complexity index is 1250. The fraction of sp³-hybridized carbons (Fsp3) is 0.700. The fourth-order valence-corrected chi connectivity index (χ4v) is 9.29. The molecule has 1 aromatic rings. The molecule has 5 rings (SSSR count). The summed E-state index contributed by atoms with van der Waals surface area (Å²) in [5.41, 5.74) is -3.76. The van der Waals surface area contributed by atoms with E-state index in [-0.39, 0.29) is 36.1 Å². The van der Waals surface area contributed by atoms with Gasteiger partial charge >= 0.3 is 23.5 Å². The molecule has 0 bridgehead atoms. The number of esters is 3. The summed E-state index contributed by atoms with van der Waals surface area (Å²) in [6.07, 6.45) is 3.73. The van der Waals surface area contributed by atoms with Gasteiger partial charge in [-0.15, -0.1) is 0 Å². The van der Waals surface area contributed by atoms with E-state index in [1.165, 1.54) is 33.1 Å². The lowest BCUT2D eigenvalue weighted by molar-refractivity contribution is -0.269. The summed E-state index contributed by atoms with van der Waals surface area (Å²) in [6, 6.07) is 3.16. The topological polar surface area (TPSA) is 178 Å². The highest BCUT2D eigenvalue weighted by molar-refractivity contribution is 5.71. The minimum atomic E-state index is -1.27. The largest absolute Gasteiger partial charge is 0.459 e. The second kappa shape index (κ2) is 10.7. The smallest absolute Gasteiger partial charge is 0.335 e. The van der Waals surface area contributed by atoms with Crippen molar-refractivity contribution >= 4 is 24.2 Å². The predicted molar refractivity (Wildman–Crippen MR) is 142 cm³/mol. The molecular weight excluding hydrogens is 536 g/mol. The number of fused-ring (bicyclic) bond motifs is 5. The predicted octanol–water partition coefficient (Wildman–Crippen LogP) is 2.39. The Hall–Kier alpha value is -3.05. The number of rotatable bonds is 5. The van der Waals surface area contributed by atoms with Crippen LogP contribution in [0.15, 0.2) is 27.6 Å². The van der Waals surface area contributed by atoms with Gasteiger partial charge in [0.15, 0.2) is 0 Å². The van der Waals surface area contributed by atoms with Gasteiger partial charge in [-0.3, -0.25) is 14.4 Å². The van der Waals surface area contributed by atoms with Gasteiger partial charge in [0.05, 0.1) is 17.3 Å². The van der Waals surface area contributed by atoms with Crippen LogP contribution < -0.4 is 5.63 Å². The normalized spacial score (nSPS) is 41.0. The zero-order valence-corrected chi connectivity index (χ0v) is 24.0. The summed E-state index contributed by atoms with van der Waals surface area (Å²) >= 11 is 0. The van der Waals surface area contributed by atoms with E-state index in [2.05, 4.69) is 6.92 Å². The fourth-order valence-electron chi connectivity index (χ4n) is 9.29. The van der Waals surface area contributed by atoms with Crippen LogP contribution in [-0.4, -0.2) is 58.2 Å². The first-order chi connectivity index (χ1) is 18.8. The Morgan fingerprint density at radius 1 is 0.927 bits per heavy atom. The van der Waals surface area contributed by atoms with E-state index in [1.54, 1.807) is 6.07 Å². The van der Waals surface area contributed by atoms with Crippen molar-refractivity contribution in [2.24, 2.45) is 22.7 Å². The molecule has 4 saturated carbocycles. The summed E-state index contributed by atoms with van der Waals surface area (Å²) < 4.78 is 22.4. The number of ether oxygens (including phenoxy) is 3. The molecule has 11 nitrogen and oxygen atoms in total. The van der Waals surface area contributed by atoms with Crippen LogP contribution in [-0.2, 0) is 33.4 Å². The molecule has 0 aromatic carbocycles. The highest BCUT2D eigenvalue weighted by Crippen LogP contribution is 2.71. The van der Waals surface area contributed by atoms with Crippen LogP contribution in [0.3, 0.4) is 0 Å². The molecule has 9 atom stereocenters. The molecule has 0 radical (unpaired) electrons. The van der Waals surface area contributed by atoms with Crippen LogP contribution in [0.4, 0.5) is 0 Å². The van der Waals surface area contributed by atoms with Gasteiger partial charge in [0.25, 0.3) is 0 Å². The number of aldehydes is 1. The Morgan fingerprint density at radius 2 is 1.56 bits per heavy atom. The number of hydrogen-bond acceptors (Lipinski definition) is 10. The van der Waals surface area contributed by atoms with Crippen molar-refractivity contribution in [1.29, 1.82) is 0 Å². The van der Waals surface area contributed by atoms with Crippen LogP contribution in [0.25, 0.3) is 0 Å². The molecule has 3 N–H and O–H groups in total. The van der Waals surface area contributed by atoms with Gasteiger partial charge in [0.1, 0.15) is 24.1 Å². The first-order valence-electron chi connectivity index (χ1n) is 14.1. The molecule has 0 amide bonds. The maximum atomic E-state index is 13.3. The van der Waals surface area contributed by atoms with Crippen LogP contribution >= 0.6 is 0 Å². The van der Waals surface area contributed by atoms with Gasteiger partial charge in [0, 0.05) is 45.1 Å². The van der Waals surface area contributed by atoms with Crippen molar-refractivity contribution in [3.8, 4) is 0 Å². The quantitative estimate of drug-likeness (QED) is 0.311. The van der Waals surface area contributed by atoms with E-state index in [0.29, 0.717) is 38.5 Å². The van der Waals surface area contributed by atoms with Crippen molar-refractivity contribution in [2.75, 3.05) is 0 Å². The molecule has 1 aromatic heterocycles. The first-order valence-corrected chi connectivity index (χ1v) is 14.1. The van der Waals surface area contributed by atoms with Crippen LogP contribution in [0, 0.1) is 22.7 Å². The molecule has 0 unspecified atom stereocenters. The van der Waals surface area contributed by atoms with E-state index < -0.39 is 57.8 Å². The average Bonchev–Trinajstić information content (AvgIpc) is 3.15. The van der Waals surface area contributed by atoms with Crippen LogP contribution in [0.2, 0.25) is 0 Å². The third-order valence-electron chi connectivity index (χ3n) is 10.8. The standard InChI is InChI=1S/C30H38O10.H2O/c1-17(32)38-24-13-28(16-31)22-7-10-27(4)21(20-5-6-26(35)37-15-20)9-12-30(27,36)23(22)8-11-29(28,40-19(3)34)14-25(24)39-18(2)33;/h5-6,15-16,21-25,36H,7-14H2,1-4H3;1H2/t21-,22+,23-,24+,25-,27-,28+,29+,30+;/m1./s1. The van der Waals surface area contributed by atoms with Gasteiger partial charge in [-0.2, -0.15) is 0 Å². The molecule has 0 saturated heterocycles. The van der Waals surface area contributed by atoms with Gasteiger partial charge < -0.3 is 34.0 Å². The highest BCUT2D eigenvalue weighted by Gasteiger charge is 2.74. The Balaban J connectivity index is 0.00000387. The number of aliphatic hydroxyl groups is 1. The molecule has 1 heterocycles. The Labute approximate surface area is 238 Å². The minimum Gasteiger partial charge on any atom is -0.459 e. The third-order valence-corrected chi connectivity index (χ3v) is 10.8. The Morgan fingerprint density at radius 3 is 2.12 bits per heavy atom. The van der Waals surface area contributed by atoms with Crippen molar-refractivity contribution in [1.82, 2.24) is 0 Å². The van der Waals surface area contributed by atoms with Crippen molar-refractivity contribution in [3.05, 3.63) is 34.4 Å². The number of hydrogen-bond donors (Lipinski definition) is 1. The van der Waals surface area contributed by atoms with Gasteiger partial charge in [-0.1, -0.05) is 6.92 Å². The lowest BCUT2D eigenvalue weighted by Crippen LogP contribution is -2.71. The number of carbonyl (C=O) groups excluding carboxylic acids is 4. The van der Waals surface area contributed by atoms with E-state index in [1.807, 2.05) is 0 Å². The maximum Gasteiger partial charge on any atom is 0.335 e. The second-order valence-electron chi connectivity index (χ2n) is 12.6. The molecule has 4 aliphatic rings. The zero-order valence-electron chi connectivity index (χ0n) is 24.0. The van der Waals surface area contributed by atoms with Crippen LogP contribution in [0.1, 0.15) is 90.5 Å².